The van der Waals surface area contributed by atoms with Crippen molar-refractivity contribution in [2.45, 2.75) is 11.5 Å². The number of halogens is 1. The first-order chi connectivity index (χ1) is 8.74. The molecule has 5 heteroatoms. The Morgan fingerprint density at radius 2 is 2.17 bits per heavy atom. The predicted molar refractivity (Wildman–Crippen MR) is 73.5 cm³/mol. The van der Waals surface area contributed by atoms with E-state index in [1.165, 1.54) is 0 Å². The number of aliphatic hydroxyl groups excluding tert-OH is 1. The van der Waals surface area contributed by atoms with Crippen molar-refractivity contribution in [1.82, 2.24) is 4.98 Å². The lowest BCUT2D eigenvalue weighted by Crippen LogP contribution is -1.93. The van der Waals surface area contributed by atoms with Crippen molar-refractivity contribution in [3.8, 4) is 11.6 Å². The lowest BCUT2D eigenvalue weighted by atomic mass is 10.3. The summed E-state index contributed by atoms with van der Waals surface area (Å²) >= 11 is 7.64. The molecule has 3 nitrogen and oxygen atoms in total. The number of thioether (sulfide) groups is 1. The van der Waals surface area contributed by atoms with Crippen molar-refractivity contribution in [3.63, 3.8) is 0 Å². The molecule has 0 saturated carbocycles. The van der Waals surface area contributed by atoms with Crippen LogP contribution in [-0.2, 0) is 6.61 Å². The Kier molecular flexibility index (Phi) is 4.47. The Morgan fingerprint density at radius 1 is 1.39 bits per heavy atom. The van der Waals surface area contributed by atoms with Gasteiger partial charge in [0.05, 0.1) is 6.61 Å². The van der Waals surface area contributed by atoms with Gasteiger partial charge in [-0.25, -0.2) is 4.98 Å². The first kappa shape index (κ1) is 13.2. The van der Waals surface area contributed by atoms with Gasteiger partial charge in [-0.1, -0.05) is 23.7 Å². The molecule has 1 aromatic carbocycles. The van der Waals surface area contributed by atoms with E-state index >= 15 is 0 Å². The fourth-order valence-electron chi connectivity index (χ4n) is 1.43. The summed E-state index contributed by atoms with van der Waals surface area (Å²) in [4.78, 5) is 5.11. The third kappa shape index (κ3) is 2.96. The van der Waals surface area contributed by atoms with Crippen molar-refractivity contribution < 1.29 is 9.84 Å². The molecule has 1 N–H and O–H groups in total. The number of hydrogen-bond acceptors (Lipinski definition) is 4. The number of benzene rings is 1. The maximum atomic E-state index is 8.98. The second-order valence-corrected chi connectivity index (χ2v) is 4.80. The molecule has 0 atom stereocenters. The molecule has 0 aliphatic heterocycles. The highest BCUT2D eigenvalue weighted by Crippen LogP contribution is 2.33. The Hall–Kier alpha value is -1.23. The van der Waals surface area contributed by atoms with E-state index in [0.29, 0.717) is 16.5 Å². The summed E-state index contributed by atoms with van der Waals surface area (Å²) in [5.41, 5.74) is 0.658. The zero-order valence-electron chi connectivity index (χ0n) is 9.76. The Bertz CT molecular complexity index is 548. The maximum Gasteiger partial charge on any atom is 0.238 e. The second kappa shape index (κ2) is 6.09. The molecular weight excluding hydrogens is 270 g/mol. The molecule has 0 radical (unpaired) electrons. The molecule has 2 rings (SSSR count). The van der Waals surface area contributed by atoms with Crippen LogP contribution in [0.25, 0.3) is 0 Å². The molecule has 0 aliphatic carbocycles. The van der Waals surface area contributed by atoms with Gasteiger partial charge in [0, 0.05) is 11.1 Å². The molecule has 1 heterocycles. The first-order valence-electron chi connectivity index (χ1n) is 5.30. The lowest BCUT2D eigenvalue weighted by Gasteiger charge is -2.10. The van der Waals surface area contributed by atoms with Crippen LogP contribution in [0.4, 0.5) is 0 Å². The average Bonchev–Trinajstić information content (AvgIpc) is 2.41. The van der Waals surface area contributed by atoms with Crippen LogP contribution in [0.2, 0.25) is 5.02 Å². The molecule has 0 amide bonds. The molecule has 0 fully saturated rings. The summed E-state index contributed by atoms with van der Waals surface area (Å²) in [5, 5.41) is 9.37. The molecule has 18 heavy (non-hydrogen) atoms. The highest BCUT2D eigenvalue weighted by molar-refractivity contribution is 7.98. The zero-order chi connectivity index (χ0) is 13.0. The van der Waals surface area contributed by atoms with E-state index in [2.05, 4.69) is 4.98 Å². The highest BCUT2D eigenvalue weighted by Gasteiger charge is 2.08. The molecule has 0 spiro atoms. The highest BCUT2D eigenvalue weighted by atomic mass is 35.5. The monoisotopic (exact) mass is 281 g/mol. The van der Waals surface area contributed by atoms with Gasteiger partial charge in [0.2, 0.25) is 5.88 Å². The van der Waals surface area contributed by atoms with Gasteiger partial charge in [0.25, 0.3) is 0 Å². The quantitative estimate of drug-likeness (QED) is 0.867. The average molecular weight is 282 g/mol. The van der Waals surface area contributed by atoms with Crippen LogP contribution in [0.3, 0.4) is 0 Å². The molecule has 2 aromatic rings. The molecule has 94 valence electrons. The van der Waals surface area contributed by atoms with Crippen molar-refractivity contribution in [1.29, 1.82) is 0 Å². The summed E-state index contributed by atoms with van der Waals surface area (Å²) in [6.45, 7) is -0.0889. The lowest BCUT2D eigenvalue weighted by molar-refractivity contribution is 0.281. The first-order valence-corrected chi connectivity index (χ1v) is 6.91. The van der Waals surface area contributed by atoms with Gasteiger partial charge in [0.15, 0.2) is 0 Å². The number of pyridine rings is 1. The standard InChI is InChI=1S/C13H12ClNO2S/c1-18-12-5-3-2-4-11(12)17-13-10(14)6-9(8-16)7-15-13/h2-7,16H,8H2,1H3. The number of rotatable bonds is 4. The van der Waals surface area contributed by atoms with Crippen LogP contribution in [0.5, 0.6) is 11.6 Å². The summed E-state index contributed by atoms with van der Waals surface area (Å²) in [7, 11) is 0. The van der Waals surface area contributed by atoms with Gasteiger partial charge in [-0.15, -0.1) is 11.8 Å². The van der Waals surface area contributed by atoms with Crippen LogP contribution in [0.1, 0.15) is 5.56 Å². The summed E-state index contributed by atoms with van der Waals surface area (Å²) in [6.07, 6.45) is 3.52. The van der Waals surface area contributed by atoms with E-state index in [-0.39, 0.29) is 6.61 Å². The van der Waals surface area contributed by atoms with Gasteiger partial charge >= 0.3 is 0 Å². The molecule has 0 unspecified atom stereocenters. The number of para-hydroxylation sites is 1. The fourth-order valence-corrected chi connectivity index (χ4v) is 2.19. The van der Waals surface area contributed by atoms with E-state index in [9.17, 15) is 0 Å². The predicted octanol–water partition coefficient (Wildman–Crippen LogP) is 3.74. The summed E-state index contributed by atoms with van der Waals surface area (Å²) in [6, 6.07) is 9.32. The van der Waals surface area contributed by atoms with Crippen LogP contribution < -0.4 is 4.74 Å². The van der Waals surface area contributed by atoms with Crippen LogP contribution in [0.15, 0.2) is 41.4 Å². The minimum atomic E-state index is -0.0889. The largest absolute Gasteiger partial charge is 0.436 e. The van der Waals surface area contributed by atoms with Gasteiger partial charge in [-0.05, 0) is 30.0 Å². The van der Waals surface area contributed by atoms with Crippen molar-refractivity contribution in [3.05, 3.63) is 47.1 Å². The Balaban J connectivity index is 2.28. The minimum absolute atomic E-state index is 0.0889. The number of nitrogens with zero attached hydrogens (tertiary/aromatic N) is 1. The minimum Gasteiger partial charge on any atom is -0.436 e. The maximum absolute atomic E-state index is 8.98. The van der Waals surface area contributed by atoms with Crippen LogP contribution >= 0.6 is 23.4 Å². The Morgan fingerprint density at radius 3 is 2.83 bits per heavy atom. The van der Waals surface area contributed by atoms with Crippen LogP contribution in [0, 0.1) is 0 Å². The van der Waals surface area contributed by atoms with Gasteiger partial charge in [0.1, 0.15) is 10.8 Å². The molecule has 0 saturated heterocycles. The van der Waals surface area contributed by atoms with Gasteiger partial charge < -0.3 is 9.84 Å². The van der Waals surface area contributed by atoms with E-state index in [4.69, 9.17) is 21.4 Å². The third-order valence-corrected chi connectivity index (χ3v) is 3.37. The van der Waals surface area contributed by atoms with E-state index in [1.54, 1.807) is 24.0 Å². The van der Waals surface area contributed by atoms with Gasteiger partial charge in [-0.2, -0.15) is 0 Å². The molecule has 0 aliphatic rings. The number of aliphatic hydroxyl groups is 1. The van der Waals surface area contributed by atoms with Crippen LogP contribution in [-0.4, -0.2) is 16.3 Å². The molecular formula is C13H12ClNO2S. The summed E-state index contributed by atoms with van der Waals surface area (Å²) < 4.78 is 5.69. The van der Waals surface area contributed by atoms with Gasteiger partial charge in [-0.3, -0.25) is 0 Å². The molecule has 0 bridgehead atoms. The SMILES string of the molecule is CSc1ccccc1Oc1ncc(CO)cc1Cl. The fraction of sp³-hybridized carbons (Fsp3) is 0.154. The van der Waals surface area contributed by atoms with Crippen molar-refractivity contribution in [2.75, 3.05) is 6.26 Å². The topological polar surface area (TPSA) is 42.4 Å². The zero-order valence-corrected chi connectivity index (χ0v) is 11.3. The second-order valence-electron chi connectivity index (χ2n) is 3.54. The number of hydrogen-bond donors (Lipinski definition) is 1. The van der Waals surface area contributed by atoms with E-state index in [1.807, 2.05) is 30.5 Å². The normalized spacial score (nSPS) is 10.4. The number of aromatic nitrogens is 1. The molecule has 1 aromatic heterocycles. The Labute approximate surface area is 115 Å². The summed E-state index contributed by atoms with van der Waals surface area (Å²) in [5.74, 6) is 1.06. The van der Waals surface area contributed by atoms with Crippen molar-refractivity contribution in [2.24, 2.45) is 0 Å². The van der Waals surface area contributed by atoms with E-state index in [0.717, 1.165) is 10.6 Å². The smallest absolute Gasteiger partial charge is 0.238 e. The van der Waals surface area contributed by atoms with E-state index < -0.39 is 0 Å². The number of ether oxygens (including phenoxy) is 1. The third-order valence-electron chi connectivity index (χ3n) is 2.32. The van der Waals surface area contributed by atoms with Crippen molar-refractivity contribution >= 4 is 23.4 Å².